The molecular weight excluding hydrogens is 234 g/mol. The van der Waals surface area contributed by atoms with E-state index in [1.165, 1.54) is 0 Å². The molecule has 88 valence electrons. The van der Waals surface area contributed by atoms with Crippen molar-refractivity contribution in [3.8, 4) is 0 Å². The van der Waals surface area contributed by atoms with Crippen LogP contribution >= 0.6 is 12.2 Å². The summed E-state index contributed by atoms with van der Waals surface area (Å²) in [7, 11) is 0. The molecule has 0 aromatic rings. The Morgan fingerprint density at radius 2 is 2.18 bits per heavy atom. The van der Waals surface area contributed by atoms with Gasteiger partial charge in [0.15, 0.2) is 5.84 Å². The average molecular weight is 247 g/mol. The van der Waals surface area contributed by atoms with Crippen LogP contribution < -0.4 is 0 Å². The van der Waals surface area contributed by atoms with E-state index < -0.39 is 0 Å². The number of nitrogens with zero attached hydrogens (tertiary/aromatic N) is 3. The van der Waals surface area contributed by atoms with Crippen molar-refractivity contribution < 1.29 is 4.74 Å². The molecule has 3 aliphatic rings. The van der Waals surface area contributed by atoms with Crippen LogP contribution in [0.4, 0.5) is 0 Å². The van der Waals surface area contributed by atoms with Crippen LogP contribution in [0.25, 0.3) is 0 Å². The van der Waals surface area contributed by atoms with Crippen LogP contribution in [0, 0.1) is 0 Å². The maximum atomic E-state index is 5.44. The molecule has 1 fully saturated rings. The van der Waals surface area contributed by atoms with Crippen molar-refractivity contribution in [2.75, 3.05) is 26.3 Å². The minimum atomic E-state index is 0.0639. The molecule has 0 aromatic carbocycles. The van der Waals surface area contributed by atoms with E-state index in [9.17, 15) is 0 Å². The van der Waals surface area contributed by atoms with E-state index in [0.29, 0.717) is 5.84 Å². The first kappa shape index (κ1) is 10.8. The number of rotatable bonds is 1. The van der Waals surface area contributed by atoms with Crippen LogP contribution in [0.1, 0.15) is 0 Å². The summed E-state index contributed by atoms with van der Waals surface area (Å²) in [5, 5.41) is 0. The number of aliphatic imine (C=N–C) groups is 2. The summed E-state index contributed by atoms with van der Waals surface area (Å²) in [5.74, 6) is 0.693. The zero-order valence-electron chi connectivity index (χ0n) is 9.37. The van der Waals surface area contributed by atoms with Gasteiger partial charge >= 0.3 is 0 Å². The average Bonchev–Trinajstić information content (AvgIpc) is 2.82. The second-order valence-corrected chi connectivity index (χ2v) is 4.47. The maximum absolute atomic E-state index is 5.44. The van der Waals surface area contributed by atoms with E-state index in [2.05, 4.69) is 14.9 Å². The van der Waals surface area contributed by atoms with Gasteiger partial charge in [-0.05, 0) is 6.08 Å². The van der Waals surface area contributed by atoms with E-state index >= 15 is 0 Å². The Balaban J connectivity index is 1.77. The van der Waals surface area contributed by atoms with Gasteiger partial charge in [-0.3, -0.25) is 4.99 Å². The minimum absolute atomic E-state index is 0.0639. The van der Waals surface area contributed by atoms with Crippen molar-refractivity contribution in [2.45, 2.75) is 6.04 Å². The topological polar surface area (TPSA) is 37.2 Å². The van der Waals surface area contributed by atoms with Crippen molar-refractivity contribution in [2.24, 2.45) is 9.98 Å². The molecule has 0 saturated carbocycles. The van der Waals surface area contributed by atoms with Gasteiger partial charge in [-0.2, -0.15) is 0 Å². The zero-order valence-corrected chi connectivity index (χ0v) is 10.2. The van der Waals surface area contributed by atoms with Gasteiger partial charge in [-0.1, -0.05) is 30.4 Å². The lowest BCUT2D eigenvalue weighted by molar-refractivity contribution is 0.0698. The summed E-state index contributed by atoms with van der Waals surface area (Å²) >= 11 is 5.44. The zero-order chi connectivity index (χ0) is 11.7. The molecule has 5 heteroatoms. The molecule has 0 aromatic heterocycles. The van der Waals surface area contributed by atoms with Crippen molar-refractivity contribution in [3.05, 3.63) is 24.3 Å². The highest BCUT2D eigenvalue weighted by molar-refractivity contribution is 7.82. The molecule has 2 aliphatic heterocycles. The highest BCUT2D eigenvalue weighted by Crippen LogP contribution is 2.15. The summed E-state index contributed by atoms with van der Waals surface area (Å²) in [6.07, 6.45) is 8.00. The van der Waals surface area contributed by atoms with Gasteiger partial charge in [0, 0.05) is 13.1 Å². The van der Waals surface area contributed by atoms with E-state index in [0.717, 1.165) is 37.0 Å². The molecule has 1 atom stereocenters. The van der Waals surface area contributed by atoms with Crippen LogP contribution in [0.15, 0.2) is 34.3 Å². The molecule has 3 rings (SSSR count). The largest absolute Gasteiger partial charge is 0.378 e. The van der Waals surface area contributed by atoms with Gasteiger partial charge in [-0.15, -0.1) is 0 Å². The van der Waals surface area contributed by atoms with Gasteiger partial charge in [0.2, 0.25) is 0 Å². The van der Waals surface area contributed by atoms with Crippen LogP contribution in [0.3, 0.4) is 0 Å². The third-order valence-electron chi connectivity index (χ3n) is 2.96. The number of hydrogen-bond acceptors (Lipinski definition) is 4. The molecule has 4 nitrogen and oxygen atoms in total. The molecular formula is C12H13N3OS. The standard InChI is InChI=1S/C12H13N3OS/c17-12(15-5-7-16-8-6-15)11-13-9-3-1-2-4-10(9)14-11/h1-4,9H,5-8H2. The van der Waals surface area contributed by atoms with Crippen LogP contribution in [0.5, 0.6) is 0 Å². The number of ether oxygens (including phenoxy) is 1. The fourth-order valence-corrected chi connectivity index (χ4v) is 2.31. The molecule has 1 aliphatic carbocycles. The molecule has 2 heterocycles. The molecule has 1 unspecified atom stereocenters. The highest BCUT2D eigenvalue weighted by atomic mass is 32.1. The Kier molecular flexibility index (Phi) is 2.86. The predicted octanol–water partition coefficient (Wildman–Crippen LogP) is 0.994. The lowest BCUT2D eigenvalue weighted by atomic mass is 10.1. The minimum Gasteiger partial charge on any atom is -0.378 e. The molecule has 0 amide bonds. The molecule has 0 N–H and O–H groups in total. The Labute approximate surface area is 105 Å². The third kappa shape index (κ3) is 2.08. The summed E-state index contributed by atoms with van der Waals surface area (Å²) in [5.41, 5.74) is 0.984. The second kappa shape index (κ2) is 4.50. The van der Waals surface area contributed by atoms with Gasteiger partial charge in [0.25, 0.3) is 0 Å². The normalized spacial score (nSPS) is 26.6. The highest BCUT2D eigenvalue weighted by Gasteiger charge is 2.25. The third-order valence-corrected chi connectivity index (χ3v) is 3.40. The van der Waals surface area contributed by atoms with Crippen molar-refractivity contribution in [1.82, 2.24) is 4.90 Å². The van der Waals surface area contributed by atoms with Crippen molar-refractivity contribution >= 4 is 28.8 Å². The molecule has 0 radical (unpaired) electrons. The first-order chi connectivity index (χ1) is 8.34. The second-order valence-electron chi connectivity index (χ2n) is 4.08. The predicted molar refractivity (Wildman–Crippen MR) is 71.9 cm³/mol. The maximum Gasteiger partial charge on any atom is 0.184 e. The lowest BCUT2D eigenvalue weighted by Gasteiger charge is -2.28. The number of morpholine rings is 1. The number of fused-ring (bicyclic) bond motifs is 1. The van der Waals surface area contributed by atoms with Gasteiger partial charge in [-0.25, -0.2) is 4.99 Å². The molecule has 0 spiro atoms. The molecule has 1 saturated heterocycles. The Hall–Kier alpha value is -1.33. The number of amidine groups is 1. The van der Waals surface area contributed by atoms with Gasteiger partial charge < -0.3 is 9.64 Å². The Morgan fingerprint density at radius 3 is 2.94 bits per heavy atom. The fourth-order valence-electron chi connectivity index (χ4n) is 2.03. The summed E-state index contributed by atoms with van der Waals surface area (Å²) in [6, 6.07) is 0.0639. The van der Waals surface area contributed by atoms with Crippen LogP contribution in [-0.2, 0) is 4.74 Å². The fraction of sp³-hybridized carbons (Fsp3) is 0.417. The summed E-state index contributed by atoms with van der Waals surface area (Å²) < 4.78 is 5.31. The van der Waals surface area contributed by atoms with E-state index in [-0.39, 0.29) is 6.04 Å². The van der Waals surface area contributed by atoms with E-state index in [4.69, 9.17) is 17.0 Å². The summed E-state index contributed by atoms with van der Waals surface area (Å²) in [6.45, 7) is 3.12. The number of hydrogen-bond donors (Lipinski definition) is 0. The number of thiocarbonyl (C=S) groups is 1. The SMILES string of the molecule is S=C(C1=NC2C=CC=CC2=N1)N1CCOCC1. The van der Waals surface area contributed by atoms with Gasteiger partial charge in [0.1, 0.15) is 11.0 Å². The van der Waals surface area contributed by atoms with Crippen LogP contribution in [-0.4, -0.2) is 53.8 Å². The monoisotopic (exact) mass is 247 g/mol. The van der Waals surface area contributed by atoms with E-state index in [1.807, 2.05) is 24.3 Å². The molecule has 17 heavy (non-hydrogen) atoms. The Morgan fingerprint density at radius 1 is 1.35 bits per heavy atom. The summed E-state index contributed by atoms with van der Waals surface area (Å²) in [4.78, 5) is 11.9. The van der Waals surface area contributed by atoms with Crippen molar-refractivity contribution in [1.29, 1.82) is 0 Å². The quantitative estimate of drug-likeness (QED) is 0.649. The first-order valence-electron chi connectivity index (χ1n) is 5.73. The number of allylic oxidation sites excluding steroid dienone is 2. The first-order valence-corrected chi connectivity index (χ1v) is 6.14. The van der Waals surface area contributed by atoms with Crippen molar-refractivity contribution in [3.63, 3.8) is 0 Å². The Bertz CT molecular complexity index is 458. The van der Waals surface area contributed by atoms with Crippen LogP contribution in [0.2, 0.25) is 0 Å². The van der Waals surface area contributed by atoms with Gasteiger partial charge in [0.05, 0.1) is 18.9 Å². The smallest absolute Gasteiger partial charge is 0.184 e. The van der Waals surface area contributed by atoms with E-state index in [1.54, 1.807) is 0 Å². The lowest BCUT2D eigenvalue weighted by Crippen LogP contribution is -2.42. The molecule has 0 bridgehead atoms.